The van der Waals surface area contributed by atoms with Crippen LogP contribution >= 0.6 is 11.3 Å². The molecule has 1 aliphatic rings. The van der Waals surface area contributed by atoms with Crippen molar-refractivity contribution >= 4 is 17.3 Å². The van der Waals surface area contributed by atoms with Crippen molar-refractivity contribution in [3.05, 3.63) is 46.7 Å². The van der Waals surface area contributed by atoms with Crippen LogP contribution in [0.1, 0.15) is 49.8 Å². The van der Waals surface area contributed by atoms with Crippen molar-refractivity contribution in [3.63, 3.8) is 0 Å². The van der Waals surface area contributed by atoms with Crippen LogP contribution in [0.5, 0.6) is 0 Å². The summed E-state index contributed by atoms with van der Waals surface area (Å²) in [6, 6.07) is 4.12. The number of hydrogen-bond acceptors (Lipinski definition) is 4. The molecule has 144 valence electrons. The zero-order chi connectivity index (χ0) is 18.8. The third kappa shape index (κ3) is 7.44. The van der Waals surface area contributed by atoms with E-state index in [4.69, 9.17) is 5.11 Å². The van der Waals surface area contributed by atoms with Crippen molar-refractivity contribution in [1.29, 1.82) is 0 Å². The Labute approximate surface area is 159 Å². The normalized spacial score (nSPS) is 24.6. The molecule has 1 saturated carbocycles. The highest BCUT2D eigenvalue weighted by Gasteiger charge is 2.32. The molecule has 1 fully saturated rings. The van der Waals surface area contributed by atoms with Crippen LogP contribution in [0.3, 0.4) is 0 Å². The fraction of sp³-hybridized carbons (Fsp3) is 0.571. The first-order chi connectivity index (χ1) is 12.6. The fourth-order valence-electron chi connectivity index (χ4n) is 3.50. The van der Waals surface area contributed by atoms with Crippen LogP contribution in [0.2, 0.25) is 0 Å². The summed E-state index contributed by atoms with van der Waals surface area (Å²) < 4.78 is 0. The molecule has 4 nitrogen and oxygen atoms in total. The van der Waals surface area contributed by atoms with E-state index in [0.717, 1.165) is 38.5 Å². The first kappa shape index (κ1) is 20.9. The number of aryl methyl sites for hydroxylation is 1. The average Bonchev–Trinajstić information content (AvgIpc) is 3.24. The predicted octanol–water partition coefficient (Wildman–Crippen LogP) is 4.19. The lowest BCUT2D eigenvalue weighted by molar-refractivity contribution is -0.137. The molecule has 0 radical (unpaired) electrons. The Kier molecular flexibility index (Phi) is 9.09. The molecule has 2 rings (SSSR count). The molecule has 0 bridgehead atoms. The van der Waals surface area contributed by atoms with Crippen molar-refractivity contribution in [2.24, 2.45) is 11.8 Å². The minimum atomic E-state index is -0.757. The lowest BCUT2D eigenvalue weighted by Gasteiger charge is -2.18. The van der Waals surface area contributed by atoms with E-state index in [1.54, 1.807) is 11.3 Å². The van der Waals surface area contributed by atoms with Gasteiger partial charge in [0.2, 0.25) is 0 Å². The van der Waals surface area contributed by atoms with Gasteiger partial charge in [-0.05, 0) is 68.2 Å². The Bertz CT molecular complexity index is 579. The maximum atomic E-state index is 10.5. The van der Waals surface area contributed by atoms with E-state index in [2.05, 4.69) is 23.6 Å². The topological polar surface area (TPSA) is 77.8 Å². The lowest BCUT2D eigenvalue weighted by Crippen LogP contribution is -2.17. The number of thiophene rings is 1. The minimum Gasteiger partial charge on any atom is -0.481 e. The van der Waals surface area contributed by atoms with Crippen molar-refractivity contribution in [2.75, 3.05) is 0 Å². The standard InChI is InChI=1S/C21H30O4S/c22-17(12-13-18-6-5-15-26-18)11-9-16-10-14-20(23)19(16)7-3-1-2-4-8-21(24)25/h1,3,5-6,9,11,15-17,19-20,22-23H,2,4,7-8,10,12-14H2,(H,24,25)/b3-1-,11-9+/t16-,17+,19+,20?/m0/s1. The number of rotatable bonds is 11. The fourth-order valence-corrected chi connectivity index (χ4v) is 4.23. The number of aliphatic carboxylic acids is 1. The maximum absolute atomic E-state index is 10.5. The first-order valence-corrected chi connectivity index (χ1v) is 10.4. The highest BCUT2D eigenvalue weighted by atomic mass is 32.1. The highest BCUT2D eigenvalue weighted by Crippen LogP contribution is 2.36. The third-order valence-corrected chi connectivity index (χ3v) is 5.96. The van der Waals surface area contributed by atoms with Gasteiger partial charge in [0.15, 0.2) is 0 Å². The van der Waals surface area contributed by atoms with E-state index in [1.807, 2.05) is 18.2 Å². The number of unbranched alkanes of at least 4 members (excludes halogenated alkanes) is 1. The van der Waals surface area contributed by atoms with Crippen molar-refractivity contribution in [3.8, 4) is 0 Å². The molecule has 1 aromatic heterocycles. The van der Waals surface area contributed by atoms with Gasteiger partial charge in [0.05, 0.1) is 12.2 Å². The summed E-state index contributed by atoms with van der Waals surface area (Å²) in [5, 5.41) is 31.1. The Hall–Kier alpha value is -1.43. The van der Waals surface area contributed by atoms with Gasteiger partial charge in [-0.3, -0.25) is 4.79 Å². The molecule has 1 unspecified atom stereocenters. The molecule has 1 heterocycles. The molecule has 0 amide bonds. The Morgan fingerprint density at radius 1 is 1.35 bits per heavy atom. The second kappa shape index (κ2) is 11.3. The zero-order valence-electron chi connectivity index (χ0n) is 15.2. The summed E-state index contributed by atoms with van der Waals surface area (Å²) in [6.07, 6.45) is 13.1. The van der Waals surface area contributed by atoms with Crippen LogP contribution in [-0.2, 0) is 11.2 Å². The van der Waals surface area contributed by atoms with Gasteiger partial charge in [0, 0.05) is 11.3 Å². The molecule has 0 aromatic carbocycles. The van der Waals surface area contributed by atoms with E-state index in [9.17, 15) is 15.0 Å². The van der Waals surface area contributed by atoms with Gasteiger partial charge in [-0.15, -0.1) is 11.3 Å². The molecule has 26 heavy (non-hydrogen) atoms. The summed E-state index contributed by atoms with van der Waals surface area (Å²) in [4.78, 5) is 11.8. The number of carboxylic acids is 1. The van der Waals surface area contributed by atoms with Gasteiger partial charge in [-0.2, -0.15) is 0 Å². The molecule has 4 atom stereocenters. The maximum Gasteiger partial charge on any atom is 0.303 e. The van der Waals surface area contributed by atoms with E-state index < -0.39 is 12.1 Å². The average molecular weight is 379 g/mol. The molecular weight excluding hydrogens is 348 g/mol. The second-order valence-corrected chi connectivity index (χ2v) is 8.07. The smallest absolute Gasteiger partial charge is 0.303 e. The van der Waals surface area contributed by atoms with Crippen molar-refractivity contribution in [1.82, 2.24) is 0 Å². The van der Waals surface area contributed by atoms with Gasteiger partial charge < -0.3 is 15.3 Å². The molecular formula is C21H30O4S. The lowest BCUT2D eigenvalue weighted by atomic mass is 9.90. The summed E-state index contributed by atoms with van der Waals surface area (Å²) in [5.74, 6) is -0.274. The number of hydrogen-bond donors (Lipinski definition) is 3. The van der Waals surface area contributed by atoms with E-state index in [-0.39, 0.29) is 18.4 Å². The molecule has 0 saturated heterocycles. The number of aliphatic hydroxyl groups excluding tert-OH is 2. The minimum absolute atomic E-state index is 0.187. The Morgan fingerprint density at radius 3 is 2.92 bits per heavy atom. The summed E-state index contributed by atoms with van der Waals surface area (Å²) >= 11 is 1.72. The van der Waals surface area contributed by atoms with Gasteiger partial charge >= 0.3 is 5.97 Å². The van der Waals surface area contributed by atoms with Gasteiger partial charge in [0.1, 0.15) is 0 Å². The molecule has 1 aromatic rings. The third-order valence-electron chi connectivity index (χ3n) is 5.02. The van der Waals surface area contributed by atoms with E-state index >= 15 is 0 Å². The summed E-state index contributed by atoms with van der Waals surface area (Å²) in [7, 11) is 0. The molecule has 3 N–H and O–H groups in total. The van der Waals surface area contributed by atoms with Gasteiger partial charge in [-0.1, -0.05) is 30.4 Å². The van der Waals surface area contributed by atoms with Gasteiger partial charge in [-0.25, -0.2) is 0 Å². The number of aliphatic hydroxyl groups is 2. The summed E-state index contributed by atoms with van der Waals surface area (Å²) in [5.41, 5.74) is 0. The van der Waals surface area contributed by atoms with Crippen LogP contribution in [0.4, 0.5) is 0 Å². The molecule has 0 aliphatic heterocycles. The van der Waals surface area contributed by atoms with Crippen LogP contribution in [-0.4, -0.2) is 33.5 Å². The molecule has 5 heteroatoms. The van der Waals surface area contributed by atoms with Crippen LogP contribution in [0.15, 0.2) is 41.8 Å². The first-order valence-electron chi connectivity index (χ1n) is 9.50. The van der Waals surface area contributed by atoms with E-state index in [0.29, 0.717) is 12.3 Å². The van der Waals surface area contributed by atoms with Crippen LogP contribution in [0.25, 0.3) is 0 Å². The quantitative estimate of drug-likeness (QED) is 0.399. The largest absolute Gasteiger partial charge is 0.481 e. The van der Waals surface area contributed by atoms with Crippen molar-refractivity contribution in [2.45, 2.75) is 63.6 Å². The SMILES string of the molecule is O=C(O)CCC/C=C\C[C@H]1C(O)CC[C@@H]1/C=C/[C@@H](O)CCc1cccs1. The summed E-state index contributed by atoms with van der Waals surface area (Å²) in [6.45, 7) is 0. The van der Waals surface area contributed by atoms with Gasteiger partial charge in [0.25, 0.3) is 0 Å². The number of carboxylic acid groups (broad SMARTS) is 1. The number of allylic oxidation sites excluding steroid dienone is 3. The number of carbonyl (C=O) groups is 1. The molecule has 1 aliphatic carbocycles. The predicted molar refractivity (Wildman–Crippen MR) is 105 cm³/mol. The highest BCUT2D eigenvalue weighted by molar-refractivity contribution is 7.09. The Morgan fingerprint density at radius 2 is 2.19 bits per heavy atom. The zero-order valence-corrected chi connectivity index (χ0v) is 16.0. The monoisotopic (exact) mass is 378 g/mol. The van der Waals surface area contributed by atoms with Crippen LogP contribution in [0, 0.1) is 11.8 Å². The molecule has 0 spiro atoms. The van der Waals surface area contributed by atoms with E-state index in [1.165, 1.54) is 4.88 Å². The van der Waals surface area contributed by atoms with Crippen molar-refractivity contribution < 1.29 is 20.1 Å². The second-order valence-electron chi connectivity index (χ2n) is 7.04. The van der Waals surface area contributed by atoms with Crippen LogP contribution < -0.4 is 0 Å². The Balaban J connectivity index is 1.73.